The van der Waals surface area contributed by atoms with Crippen molar-refractivity contribution >= 4 is 105 Å². The topological polar surface area (TPSA) is 30.1 Å². The minimum atomic E-state index is -0.0926. The van der Waals surface area contributed by atoms with Gasteiger partial charge in [0, 0.05) is 59.5 Å². The molecule has 4 heterocycles. The summed E-state index contributed by atoms with van der Waals surface area (Å²) >= 11 is 1.87. The van der Waals surface area contributed by atoms with Gasteiger partial charge in [-0.05, 0) is 80.5 Å². The van der Waals surface area contributed by atoms with Gasteiger partial charge in [0.25, 0.3) is 0 Å². The Morgan fingerprint density at radius 3 is 2.32 bits per heavy atom. The normalized spacial score (nSPS) is 13.8. The second kappa shape index (κ2) is 10.8. The number of aromatic nitrogens is 1. The number of benzene rings is 8. The monoisotopic (exact) mass is 731 g/mol. The van der Waals surface area contributed by atoms with E-state index in [9.17, 15) is 0 Å². The zero-order chi connectivity index (χ0) is 36.9. The molecule has 0 fully saturated rings. The predicted molar refractivity (Wildman–Crippen MR) is 239 cm³/mol. The lowest BCUT2D eigenvalue weighted by molar-refractivity contribution is 0.660. The largest absolute Gasteiger partial charge is 0.454 e. The molecule has 0 spiro atoms. The van der Waals surface area contributed by atoms with Crippen molar-refractivity contribution in [3.8, 4) is 27.9 Å². The first-order valence-electron chi connectivity index (χ1n) is 19.3. The quantitative estimate of drug-likeness (QED) is 0.183. The van der Waals surface area contributed by atoms with Crippen LogP contribution in [-0.4, -0.2) is 11.8 Å². The number of hydrogen-bond acceptors (Lipinski definition) is 3. The molecule has 3 nitrogen and oxygen atoms in total. The molecule has 1 N–H and O–H groups in total. The number of rotatable bonds is 3. The summed E-state index contributed by atoms with van der Waals surface area (Å²) in [6.07, 6.45) is 0. The Kier molecular flexibility index (Phi) is 5.93. The van der Waals surface area contributed by atoms with E-state index in [1.165, 1.54) is 80.8 Å². The van der Waals surface area contributed by atoms with Gasteiger partial charge in [-0.1, -0.05) is 135 Å². The van der Waals surface area contributed by atoms with E-state index in [0.717, 1.165) is 44.5 Å². The fourth-order valence-corrected chi connectivity index (χ4v) is 11.3. The molecule has 0 amide bonds. The molecule has 0 bridgehead atoms. The number of fused-ring (bicyclic) bond motifs is 15. The predicted octanol–water partition coefficient (Wildman–Crippen LogP) is 12.7. The Balaban J connectivity index is 1.12. The highest BCUT2D eigenvalue weighted by molar-refractivity contribution is 7.25. The average Bonchev–Trinajstić information content (AvgIpc) is 3.95. The summed E-state index contributed by atoms with van der Waals surface area (Å²) in [5.74, 6) is 0. The van der Waals surface area contributed by atoms with E-state index in [2.05, 4.69) is 183 Å². The Morgan fingerprint density at radius 2 is 1.39 bits per heavy atom. The summed E-state index contributed by atoms with van der Waals surface area (Å²) < 4.78 is 10.7. The molecule has 56 heavy (non-hydrogen) atoms. The number of anilines is 2. The molecule has 0 saturated carbocycles. The lowest BCUT2D eigenvalue weighted by atomic mass is 9.58. The van der Waals surface area contributed by atoms with Crippen LogP contribution in [0.4, 0.5) is 11.4 Å². The van der Waals surface area contributed by atoms with E-state index in [0.29, 0.717) is 0 Å². The van der Waals surface area contributed by atoms with Gasteiger partial charge in [-0.2, -0.15) is 0 Å². The SMILES string of the molecule is CC1(C)c2ccccc2-c2ccc(Nc3ccc4ccccc4c3-c3cc4c(oc5ccccc54)c4c3[B]c3cccc5c6c7ccccc7sc6n-4c35)cc21. The first-order chi connectivity index (χ1) is 27.5. The van der Waals surface area contributed by atoms with Gasteiger partial charge in [0.2, 0.25) is 0 Å². The van der Waals surface area contributed by atoms with Crippen molar-refractivity contribution in [3.05, 3.63) is 163 Å². The molecule has 0 unspecified atom stereocenters. The summed E-state index contributed by atoms with van der Waals surface area (Å²) in [6, 6.07) is 55.6. The van der Waals surface area contributed by atoms with E-state index in [-0.39, 0.29) is 5.41 Å². The van der Waals surface area contributed by atoms with Crippen LogP contribution in [0.5, 0.6) is 0 Å². The van der Waals surface area contributed by atoms with Crippen LogP contribution in [0, 0.1) is 0 Å². The minimum Gasteiger partial charge on any atom is -0.454 e. The van der Waals surface area contributed by atoms with Crippen LogP contribution >= 0.6 is 11.3 Å². The molecule has 1 radical (unpaired) electrons. The summed E-state index contributed by atoms with van der Waals surface area (Å²) in [5.41, 5.74) is 16.4. The van der Waals surface area contributed by atoms with Crippen LogP contribution in [0.2, 0.25) is 0 Å². The van der Waals surface area contributed by atoms with Crippen molar-refractivity contribution in [2.75, 3.05) is 5.32 Å². The van der Waals surface area contributed by atoms with Gasteiger partial charge >= 0.3 is 0 Å². The maximum atomic E-state index is 6.93. The van der Waals surface area contributed by atoms with Gasteiger partial charge in [0.05, 0.1) is 5.69 Å². The smallest absolute Gasteiger partial charge is 0.198 e. The maximum absolute atomic E-state index is 6.93. The Hall–Kier alpha value is -6.56. The summed E-state index contributed by atoms with van der Waals surface area (Å²) in [6.45, 7) is 4.69. The highest BCUT2D eigenvalue weighted by Gasteiger charge is 2.36. The minimum absolute atomic E-state index is 0.0926. The van der Waals surface area contributed by atoms with Gasteiger partial charge < -0.3 is 9.73 Å². The van der Waals surface area contributed by atoms with Crippen molar-refractivity contribution in [1.29, 1.82) is 0 Å². The van der Waals surface area contributed by atoms with Crippen molar-refractivity contribution in [2.24, 2.45) is 0 Å². The maximum Gasteiger partial charge on any atom is 0.198 e. The number of furan rings is 1. The van der Waals surface area contributed by atoms with E-state index >= 15 is 0 Å². The second-order valence-electron chi connectivity index (χ2n) is 15.9. The highest BCUT2D eigenvalue weighted by Crippen LogP contribution is 2.51. The third-order valence-electron chi connectivity index (χ3n) is 12.6. The summed E-state index contributed by atoms with van der Waals surface area (Å²) in [4.78, 5) is 1.25. The van der Waals surface area contributed by atoms with Crippen LogP contribution in [0.25, 0.3) is 91.9 Å². The second-order valence-corrected chi connectivity index (χ2v) is 17.0. The molecule has 1 aliphatic heterocycles. The molecule has 1 aliphatic carbocycles. The zero-order valence-electron chi connectivity index (χ0n) is 30.8. The molecule has 0 atom stereocenters. The number of hydrogen-bond donors (Lipinski definition) is 1. The zero-order valence-corrected chi connectivity index (χ0v) is 31.6. The number of para-hydroxylation sites is 2. The van der Waals surface area contributed by atoms with Crippen molar-refractivity contribution in [1.82, 2.24) is 4.57 Å². The Morgan fingerprint density at radius 1 is 0.625 bits per heavy atom. The number of thiophene rings is 1. The first-order valence-corrected chi connectivity index (χ1v) is 20.2. The molecule has 0 saturated heterocycles. The lowest BCUT2D eigenvalue weighted by Gasteiger charge is -2.25. The lowest BCUT2D eigenvalue weighted by Crippen LogP contribution is -2.37. The summed E-state index contributed by atoms with van der Waals surface area (Å²) in [7, 11) is 2.41. The van der Waals surface area contributed by atoms with Crippen molar-refractivity contribution in [2.45, 2.75) is 19.3 Å². The van der Waals surface area contributed by atoms with Crippen molar-refractivity contribution in [3.63, 3.8) is 0 Å². The fourth-order valence-electron chi connectivity index (χ4n) is 10.1. The fraction of sp³-hybridized carbons (Fsp3) is 0.0588. The molecular weight excluding hydrogens is 699 g/mol. The van der Waals surface area contributed by atoms with Gasteiger partial charge in [0.1, 0.15) is 10.4 Å². The van der Waals surface area contributed by atoms with Gasteiger partial charge in [-0.15, -0.1) is 11.3 Å². The van der Waals surface area contributed by atoms with E-state index in [1.807, 2.05) is 11.3 Å². The first kappa shape index (κ1) is 30.7. The molecule has 11 aromatic rings. The van der Waals surface area contributed by atoms with Crippen LogP contribution in [0.1, 0.15) is 25.0 Å². The molecule has 5 heteroatoms. The van der Waals surface area contributed by atoms with Gasteiger partial charge in [-0.25, -0.2) is 0 Å². The third kappa shape index (κ3) is 3.93. The standard InChI is InChI=1S/C51H32BN2OS/c1-51(2)38-18-8-5-14-31(38)32-24-23-29(26-39(32)51)53-41-25-22-28-12-3-4-13-30(28)44(41)37-27-36-33-15-6-9-20-42(33)55-49(36)48-46(37)52-40-19-11-17-35-45-34-16-7-10-21-43(34)56-50(45)54(48)47(35)40/h3-27,53H,1-2H3. The average molecular weight is 732 g/mol. The van der Waals surface area contributed by atoms with Gasteiger partial charge in [0.15, 0.2) is 12.9 Å². The molecule has 8 aromatic carbocycles. The van der Waals surface area contributed by atoms with Crippen LogP contribution < -0.4 is 16.2 Å². The van der Waals surface area contributed by atoms with Crippen LogP contribution in [0.3, 0.4) is 0 Å². The molecule has 261 valence electrons. The Bertz CT molecular complexity index is 3530. The molecular formula is C51H32BN2OS. The highest BCUT2D eigenvalue weighted by atomic mass is 32.1. The summed E-state index contributed by atoms with van der Waals surface area (Å²) in [5, 5.41) is 12.5. The Labute approximate surface area is 327 Å². The van der Waals surface area contributed by atoms with E-state index < -0.39 is 0 Å². The van der Waals surface area contributed by atoms with E-state index in [4.69, 9.17) is 4.42 Å². The molecule has 2 aliphatic rings. The van der Waals surface area contributed by atoms with Crippen LogP contribution in [-0.2, 0) is 5.41 Å². The number of nitrogens with zero attached hydrogens (tertiary/aromatic N) is 1. The molecule has 3 aromatic heterocycles. The van der Waals surface area contributed by atoms with E-state index in [1.54, 1.807) is 0 Å². The number of nitrogens with one attached hydrogen (secondary N) is 1. The van der Waals surface area contributed by atoms with Gasteiger partial charge in [-0.3, -0.25) is 4.57 Å². The van der Waals surface area contributed by atoms with Crippen molar-refractivity contribution < 1.29 is 4.42 Å². The third-order valence-corrected chi connectivity index (χ3v) is 13.8. The van der Waals surface area contributed by atoms with Crippen LogP contribution in [0.15, 0.2) is 156 Å². The molecule has 13 rings (SSSR count).